The van der Waals surface area contributed by atoms with Crippen molar-refractivity contribution in [3.63, 3.8) is 0 Å². The van der Waals surface area contributed by atoms with E-state index in [1.807, 2.05) is 0 Å². The van der Waals surface area contributed by atoms with Gasteiger partial charge in [0.1, 0.15) is 12.1 Å². The largest absolute Gasteiger partial charge is 0.481 e. The molecule has 0 radical (unpaired) electrons. The molecule has 0 aromatic heterocycles. The van der Waals surface area contributed by atoms with Crippen LogP contribution in [0.1, 0.15) is 13.3 Å². The summed E-state index contributed by atoms with van der Waals surface area (Å²) in [7, 11) is 0. The minimum Gasteiger partial charge on any atom is -0.481 e. The molecular weight excluding hydrogens is 308 g/mol. The van der Waals surface area contributed by atoms with Crippen molar-refractivity contribution in [2.45, 2.75) is 25.4 Å². The predicted octanol–water partition coefficient (Wildman–Crippen LogP) is -3.08. The number of nitrogens with two attached hydrogens (primary N) is 2. The highest BCUT2D eigenvalue weighted by Crippen LogP contribution is 1.86. The van der Waals surface area contributed by atoms with Crippen molar-refractivity contribution < 1.29 is 49.5 Å². The number of carbonyl (C=O) groups is 5. The molecule has 12 nitrogen and oxygen atoms in total. The second kappa shape index (κ2) is 13.4. The third kappa shape index (κ3) is 19.8. The van der Waals surface area contributed by atoms with Crippen molar-refractivity contribution >= 4 is 29.7 Å². The van der Waals surface area contributed by atoms with Gasteiger partial charge in [-0.15, -0.1) is 0 Å². The molecule has 128 valence electrons. The maximum atomic E-state index is 9.85. The zero-order chi connectivity index (χ0) is 18.5. The number of Topliss-reactive ketones (excluding diaryl/α,β-unsaturated/α-hetero) is 1. The molecule has 0 fully saturated rings. The number of carboxylic acid groups (broad SMARTS) is 4. The number of carbonyl (C=O) groups excluding carboxylic acids is 1. The van der Waals surface area contributed by atoms with Gasteiger partial charge in [-0.2, -0.15) is 0 Å². The van der Waals surface area contributed by atoms with Crippen LogP contribution in [0.2, 0.25) is 0 Å². The van der Waals surface area contributed by atoms with Crippen LogP contribution in [-0.4, -0.2) is 73.9 Å². The fourth-order valence-electron chi connectivity index (χ4n) is 0.354. The maximum Gasteiger partial charge on any atom is 0.371 e. The Morgan fingerprint density at radius 2 is 1.18 bits per heavy atom. The molecule has 0 aliphatic heterocycles. The third-order valence-corrected chi connectivity index (χ3v) is 1.53. The highest BCUT2D eigenvalue weighted by molar-refractivity contribution is 6.31. The lowest BCUT2D eigenvalue weighted by molar-refractivity contribution is -0.148. The van der Waals surface area contributed by atoms with Crippen LogP contribution in [0.5, 0.6) is 0 Å². The lowest BCUT2D eigenvalue weighted by Gasteiger charge is -1.99. The number of aliphatic hydroxyl groups is 1. The fourth-order valence-corrected chi connectivity index (χ4v) is 0.354. The van der Waals surface area contributed by atoms with Gasteiger partial charge in [0.25, 0.3) is 0 Å². The van der Waals surface area contributed by atoms with E-state index in [0.29, 0.717) is 0 Å². The summed E-state index contributed by atoms with van der Waals surface area (Å²) in [4.78, 5) is 48.2. The van der Waals surface area contributed by atoms with E-state index >= 15 is 0 Å². The molecule has 0 unspecified atom stereocenters. The van der Waals surface area contributed by atoms with Gasteiger partial charge in [-0.1, -0.05) is 0 Å². The zero-order valence-electron chi connectivity index (χ0n) is 11.5. The second-order valence-corrected chi connectivity index (χ2v) is 3.53. The number of aliphatic hydroxyl groups excluding tert-OH is 1. The minimum absolute atomic E-state index is 0.505. The molecule has 0 bridgehead atoms. The van der Waals surface area contributed by atoms with Crippen molar-refractivity contribution in [2.24, 2.45) is 11.5 Å². The molecule has 0 rings (SSSR count). The zero-order valence-corrected chi connectivity index (χ0v) is 11.5. The van der Waals surface area contributed by atoms with Gasteiger partial charge in [0, 0.05) is 6.92 Å². The Balaban J connectivity index is -0.000000252. The summed E-state index contributed by atoms with van der Waals surface area (Å²) in [5, 5.41) is 39.6. The Kier molecular flexibility index (Phi) is 14.9. The van der Waals surface area contributed by atoms with Crippen LogP contribution in [0.3, 0.4) is 0 Å². The molecule has 12 heteroatoms. The monoisotopic (exact) mass is 326 g/mol. The molecule has 0 aromatic carbocycles. The van der Waals surface area contributed by atoms with Crippen molar-refractivity contribution in [2.75, 3.05) is 6.61 Å². The van der Waals surface area contributed by atoms with Crippen LogP contribution in [-0.2, 0) is 24.0 Å². The topological polar surface area (TPSA) is 239 Å². The Morgan fingerprint density at radius 3 is 1.23 bits per heavy atom. The first-order valence-electron chi connectivity index (χ1n) is 5.40. The fraction of sp³-hybridized carbons (Fsp3) is 0.500. The van der Waals surface area contributed by atoms with Crippen LogP contribution in [0.15, 0.2) is 0 Å². The van der Waals surface area contributed by atoms with Crippen LogP contribution >= 0.6 is 0 Å². The molecule has 0 amide bonds. The van der Waals surface area contributed by atoms with Crippen LogP contribution in [0.25, 0.3) is 0 Å². The first-order chi connectivity index (χ1) is 9.86. The summed E-state index contributed by atoms with van der Waals surface area (Å²) in [6.07, 6.45) is -0.532. The lowest BCUT2D eigenvalue weighted by Crippen LogP contribution is -2.33. The van der Waals surface area contributed by atoms with Gasteiger partial charge in [0.2, 0.25) is 5.78 Å². The third-order valence-electron chi connectivity index (χ3n) is 1.53. The molecule has 0 aromatic rings. The van der Waals surface area contributed by atoms with E-state index in [9.17, 15) is 24.0 Å². The molecule has 0 aliphatic rings. The Morgan fingerprint density at radius 1 is 0.864 bits per heavy atom. The summed E-state index contributed by atoms with van der Waals surface area (Å²) >= 11 is 0. The number of ketones is 1. The smallest absolute Gasteiger partial charge is 0.371 e. The van der Waals surface area contributed by atoms with Crippen molar-refractivity contribution in [1.82, 2.24) is 0 Å². The highest BCUT2D eigenvalue weighted by atomic mass is 16.4. The average molecular weight is 326 g/mol. The van der Waals surface area contributed by atoms with E-state index in [-0.39, 0.29) is 0 Å². The highest BCUT2D eigenvalue weighted by Gasteiger charge is 2.14. The molecule has 0 heterocycles. The number of hydrogen-bond donors (Lipinski definition) is 7. The van der Waals surface area contributed by atoms with Crippen LogP contribution < -0.4 is 11.5 Å². The van der Waals surface area contributed by atoms with Gasteiger partial charge < -0.3 is 37.0 Å². The van der Waals surface area contributed by atoms with E-state index in [4.69, 9.17) is 37.0 Å². The van der Waals surface area contributed by atoms with Crippen LogP contribution in [0.4, 0.5) is 0 Å². The summed E-state index contributed by atoms with van der Waals surface area (Å²) < 4.78 is 0. The molecule has 22 heavy (non-hydrogen) atoms. The number of rotatable bonds is 6. The van der Waals surface area contributed by atoms with Gasteiger partial charge in [-0.25, -0.2) is 4.79 Å². The van der Waals surface area contributed by atoms with E-state index in [2.05, 4.69) is 0 Å². The molecule has 2 atom stereocenters. The predicted molar refractivity (Wildman–Crippen MR) is 68.9 cm³/mol. The molecule has 9 N–H and O–H groups in total. The van der Waals surface area contributed by atoms with Gasteiger partial charge in [-0.05, 0) is 0 Å². The van der Waals surface area contributed by atoms with Gasteiger partial charge in [0.05, 0.1) is 13.0 Å². The Bertz CT molecular complexity index is 397. The number of aliphatic carboxylic acids is 4. The van der Waals surface area contributed by atoms with Crippen molar-refractivity contribution in [1.29, 1.82) is 0 Å². The second-order valence-electron chi connectivity index (χ2n) is 3.53. The average Bonchev–Trinajstić information content (AvgIpc) is 2.37. The summed E-state index contributed by atoms with van der Waals surface area (Å²) in [6.45, 7) is 0.498. The maximum absolute atomic E-state index is 9.85. The molecule has 0 aliphatic carbocycles. The summed E-state index contributed by atoms with van der Waals surface area (Å²) in [5.41, 5.74) is 9.60. The van der Waals surface area contributed by atoms with E-state index in [1.54, 1.807) is 0 Å². The van der Waals surface area contributed by atoms with E-state index in [1.165, 1.54) is 0 Å². The number of carboxylic acids is 4. The summed E-state index contributed by atoms with van der Waals surface area (Å²) in [5.74, 6) is -5.88. The van der Waals surface area contributed by atoms with E-state index < -0.39 is 54.8 Å². The molecule has 0 saturated heterocycles. The normalized spacial score (nSPS) is 11.5. The molecule has 0 spiro atoms. The summed E-state index contributed by atoms with van der Waals surface area (Å²) in [6, 6.07) is -2.41. The Hall–Kier alpha value is -2.57. The van der Waals surface area contributed by atoms with E-state index in [0.717, 1.165) is 6.92 Å². The first kappa shape index (κ1) is 24.4. The van der Waals surface area contributed by atoms with Crippen molar-refractivity contribution in [3.05, 3.63) is 0 Å². The quantitative estimate of drug-likeness (QED) is 0.240. The van der Waals surface area contributed by atoms with Gasteiger partial charge in [-0.3, -0.25) is 19.2 Å². The SMILES string of the molecule is CC(=O)C(=O)O.N[C@@H](CC(=O)O)C(=O)O.N[C@@H](CO)C(=O)O. The first-order valence-corrected chi connectivity index (χ1v) is 5.40. The van der Waals surface area contributed by atoms with Gasteiger partial charge >= 0.3 is 23.9 Å². The Labute approximate surface area is 123 Å². The van der Waals surface area contributed by atoms with Crippen molar-refractivity contribution in [3.8, 4) is 0 Å². The van der Waals surface area contributed by atoms with Gasteiger partial charge in [0.15, 0.2) is 0 Å². The lowest BCUT2D eigenvalue weighted by atomic mass is 10.2. The number of hydrogen-bond acceptors (Lipinski definition) is 8. The van der Waals surface area contributed by atoms with Crippen LogP contribution in [0, 0.1) is 0 Å². The molecule has 0 saturated carbocycles. The minimum atomic E-state index is -1.38. The standard InChI is InChI=1S/C4H7NO4.C3H7NO3.C3H4O3/c5-2(4(8)9)1-3(6)7;4-2(1-5)3(6)7;1-2(4)3(5)6/h2H,1,5H2,(H,6,7)(H,8,9);2,5H,1,4H2,(H,6,7);1H3,(H,5,6)/t2*2-;/m00./s1. The molecular formula is C10H18N2O10.